The van der Waals surface area contributed by atoms with Crippen LogP contribution >= 0.6 is 0 Å². The van der Waals surface area contributed by atoms with Gasteiger partial charge in [0.25, 0.3) is 0 Å². The molecule has 4 heteroatoms. The average Bonchev–Trinajstić information content (AvgIpc) is 2.22. The minimum Gasteiger partial charge on any atom is -0.352 e. The Morgan fingerprint density at radius 3 is 2.80 bits per heavy atom. The fraction of sp³-hybridized carbons (Fsp3) is 0.455. The van der Waals surface area contributed by atoms with Gasteiger partial charge in [-0.3, -0.25) is 9.78 Å². The molecular weight excluding hydrogens is 190 g/mol. The molecule has 0 saturated carbocycles. The monoisotopic (exact) mass is 205 g/mol. The molecule has 15 heavy (non-hydrogen) atoms. The maximum absolute atomic E-state index is 11.5. The normalized spacial score (nSPS) is 15.7. The third-order valence-corrected chi connectivity index (χ3v) is 2.58. The van der Waals surface area contributed by atoms with E-state index in [-0.39, 0.29) is 5.91 Å². The molecule has 0 unspecified atom stereocenters. The Hall–Kier alpha value is -1.42. The lowest BCUT2D eigenvalue weighted by Gasteiger charge is -2.26. The van der Waals surface area contributed by atoms with Crippen molar-refractivity contribution in [3.8, 4) is 0 Å². The van der Waals surface area contributed by atoms with Gasteiger partial charge in [0.05, 0.1) is 0 Å². The summed E-state index contributed by atoms with van der Waals surface area (Å²) in [4.78, 5) is 15.4. The molecule has 0 atom stereocenters. The van der Waals surface area contributed by atoms with Crippen molar-refractivity contribution in [2.24, 2.45) is 5.92 Å². The lowest BCUT2D eigenvalue weighted by Crippen LogP contribution is -2.44. The van der Waals surface area contributed by atoms with Gasteiger partial charge in [0.2, 0.25) is 5.91 Å². The largest absolute Gasteiger partial charge is 0.352 e. The van der Waals surface area contributed by atoms with Crippen LogP contribution in [0.2, 0.25) is 0 Å². The Labute approximate surface area is 89.1 Å². The van der Waals surface area contributed by atoms with E-state index >= 15 is 0 Å². The molecule has 0 aliphatic carbocycles. The van der Waals surface area contributed by atoms with Gasteiger partial charge in [-0.1, -0.05) is 0 Å². The number of nitrogens with zero attached hydrogens (tertiary/aromatic N) is 1. The summed E-state index contributed by atoms with van der Waals surface area (Å²) in [6.07, 6.45) is 4.10. The van der Waals surface area contributed by atoms with Crippen LogP contribution in [0, 0.1) is 5.92 Å². The van der Waals surface area contributed by atoms with Gasteiger partial charge in [0, 0.05) is 25.4 Å². The van der Waals surface area contributed by atoms with E-state index in [0.717, 1.165) is 18.7 Å². The minimum atomic E-state index is 0.137. The van der Waals surface area contributed by atoms with Gasteiger partial charge in [-0.25, -0.2) is 0 Å². The first-order valence-corrected chi connectivity index (χ1v) is 5.21. The molecule has 0 aromatic carbocycles. The van der Waals surface area contributed by atoms with Crippen LogP contribution in [0.4, 0.5) is 0 Å². The van der Waals surface area contributed by atoms with E-state index in [1.54, 1.807) is 12.4 Å². The lowest BCUT2D eigenvalue weighted by molar-refractivity contribution is -0.122. The van der Waals surface area contributed by atoms with Gasteiger partial charge in [0.15, 0.2) is 0 Å². The zero-order chi connectivity index (χ0) is 10.5. The number of rotatable bonds is 4. The minimum absolute atomic E-state index is 0.137. The molecule has 0 radical (unpaired) electrons. The van der Waals surface area contributed by atoms with E-state index in [4.69, 9.17) is 0 Å². The zero-order valence-electron chi connectivity index (χ0n) is 8.57. The number of pyridine rings is 1. The summed E-state index contributed by atoms with van der Waals surface area (Å²) in [6, 6.07) is 3.82. The number of carbonyl (C=O) groups excluding carboxylic acids is 1. The van der Waals surface area contributed by atoms with E-state index in [2.05, 4.69) is 15.6 Å². The van der Waals surface area contributed by atoms with Crippen molar-refractivity contribution in [2.75, 3.05) is 13.1 Å². The van der Waals surface area contributed by atoms with Crippen LogP contribution in [-0.4, -0.2) is 24.0 Å². The Morgan fingerprint density at radius 2 is 2.20 bits per heavy atom. The van der Waals surface area contributed by atoms with Gasteiger partial charge in [-0.05, 0) is 36.7 Å². The molecule has 1 aromatic heterocycles. The highest BCUT2D eigenvalue weighted by Gasteiger charge is 2.19. The third kappa shape index (κ3) is 3.02. The van der Waals surface area contributed by atoms with Crippen molar-refractivity contribution in [3.05, 3.63) is 30.1 Å². The molecule has 0 spiro atoms. The van der Waals surface area contributed by atoms with E-state index in [0.29, 0.717) is 18.9 Å². The summed E-state index contributed by atoms with van der Waals surface area (Å²) in [7, 11) is 0. The Bertz CT molecular complexity index is 322. The highest BCUT2D eigenvalue weighted by molar-refractivity contribution is 5.76. The number of aromatic nitrogens is 1. The molecule has 1 fully saturated rings. The molecule has 80 valence electrons. The molecule has 4 nitrogen and oxygen atoms in total. The van der Waals surface area contributed by atoms with Crippen molar-refractivity contribution < 1.29 is 4.79 Å². The Kier molecular flexibility index (Phi) is 3.29. The van der Waals surface area contributed by atoms with E-state index in [1.165, 1.54) is 0 Å². The maximum atomic E-state index is 11.5. The first-order chi connectivity index (χ1) is 7.34. The molecular formula is C11H15N3O. The second kappa shape index (κ2) is 4.89. The molecule has 0 bridgehead atoms. The van der Waals surface area contributed by atoms with Gasteiger partial charge < -0.3 is 10.6 Å². The second-order valence-corrected chi connectivity index (χ2v) is 3.86. The van der Waals surface area contributed by atoms with Crippen LogP contribution in [0.5, 0.6) is 0 Å². The summed E-state index contributed by atoms with van der Waals surface area (Å²) in [6.45, 7) is 2.55. The fourth-order valence-corrected chi connectivity index (χ4v) is 1.53. The summed E-state index contributed by atoms with van der Waals surface area (Å²) in [5.41, 5.74) is 1.09. The quantitative estimate of drug-likeness (QED) is 0.743. The third-order valence-electron chi connectivity index (χ3n) is 2.58. The average molecular weight is 205 g/mol. The number of hydrogen-bond acceptors (Lipinski definition) is 3. The number of amides is 1. The molecule has 2 rings (SSSR count). The number of carbonyl (C=O) groups is 1. The SMILES string of the molecule is O=C(CC1CNC1)NCc1ccncc1. The van der Waals surface area contributed by atoms with Gasteiger partial charge in [-0.2, -0.15) is 0 Å². The van der Waals surface area contributed by atoms with Crippen molar-refractivity contribution in [1.29, 1.82) is 0 Å². The second-order valence-electron chi connectivity index (χ2n) is 3.86. The van der Waals surface area contributed by atoms with Gasteiger partial charge in [-0.15, -0.1) is 0 Å². The lowest BCUT2D eigenvalue weighted by atomic mass is 9.99. The smallest absolute Gasteiger partial charge is 0.220 e. The molecule has 1 aliphatic rings. The van der Waals surface area contributed by atoms with Crippen LogP contribution in [0.1, 0.15) is 12.0 Å². The maximum Gasteiger partial charge on any atom is 0.220 e. The Morgan fingerprint density at radius 1 is 1.47 bits per heavy atom. The standard InChI is InChI=1S/C11H15N3O/c15-11(5-10-6-13-7-10)14-8-9-1-3-12-4-2-9/h1-4,10,13H,5-8H2,(H,14,15). The molecule has 1 amide bonds. The molecule has 2 heterocycles. The summed E-state index contributed by atoms with van der Waals surface area (Å²) in [5.74, 6) is 0.667. The highest BCUT2D eigenvalue weighted by atomic mass is 16.1. The molecule has 1 saturated heterocycles. The van der Waals surface area contributed by atoms with Crippen molar-refractivity contribution in [3.63, 3.8) is 0 Å². The number of nitrogens with one attached hydrogen (secondary N) is 2. The van der Waals surface area contributed by atoms with Crippen molar-refractivity contribution in [1.82, 2.24) is 15.6 Å². The predicted octanol–water partition coefficient (Wildman–Crippen LogP) is 0.307. The van der Waals surface area contributed by atoms with Crippen LogP contribution in [0.15, 0.2) is 24.5 Å². The number of hydrogen-bond donors (Lipinski definition) is 2. The van der Waals surface area contributed by atoms with E-state index in [9.17, 15) is 4.79 Å². The van der Waals surface area contributed by atoms with Crippen LogP contribution in [-0.2, 0) is 11.3 Å². The van der Waals surface area contributed by atoms with Crippen molar-refractivity contribution >= 4 is 5.91 Å². The summed E-state index contributed by atoms with van der Waals surface area (Å²) >= 11 is 0. The summed E-state index contributed by atoms with van der Waals surface area (Å²) in [5, 5.41) is 6.06. The summed E-state index contributed by atoms with van der Waals surface area (Å²) < 4.78 is 0. The Balaban J connectivity index is 1.71. The first kappa shape index (κ1) is 10.1. The van der Waals surface area contributed by atoms with Crippen molar-refractivity contribution in [2.45, 2.75) is 13.0 Å². The highest BCUT2D eigenvalue weighted by Crippen LogP contribution is 2.07. The van der Waals surface area contributed by atoms with E-state index in [1.807, 2.05) is 12.1 Å². The van der Waals surface area contributed by atoms with Gasteiger partial charge >= 0.3 is 0 Å². The van der Waals surface area contributed by atoms with Crippen LogP contribution in [0.25, 0.3) is 0 Å². The fourth-order valence-electron chi connectivity index (χ4n) is 1.53. The van der Waals surface area contributed by atoms with Crippen LogP contribution < -0.4 is 10.6 Å². The first-order valence-electron chi connectivity index (χ1n) is 5.21. The van der Waals surface area contributed by atoms with Crippen LogP contribution in [0.3, 0.4) is 0 Å². The molecule has 1 aliphatic heterocycles. The van der Waals surface area contributed by atoms with E-state index < -0.39 is 0 Å². The molecule has 1 aromatic rings. The predicted molar refractivity (Wildman–Crippen MR) is 57.1 cm³/mol. The zero-order valence-corrected chi connectivity index (χ0v) is 8.57. The molecule has 2 N–H and O–H groups in total. The topological polar surface area (TPSA) is 54.0 Å². The van der Waals surface area contributed by atoms with Gasteiger partial charge in [0.1, 0.15) is 0 Å².